The Morgan fingerprint density at radius 2 is 1.88 bits per heavy atom. The van der Waals surface area contributed by atoms with Crippen LogP contribution in [-0.2, 0) is 11.3 Å². The first-order chi connectivity index (χ1) is 15.5. The van der Waals surface area contributed by atoms with Crippen molar-refractivity contribution in [3.63, 3.8) is 0 Å². The minimum absolute atomic E-state index is 0.0194. The van der Waals surface area contributed by atoms with Gasteiger partial charge in [0.05, 0.1) is 0 Å². The molecule has 0 unspecified atom stereocenters. The van der Waals surface area contributed by atoms with Crippen LogP contribution in [0.3, 0.4) is 0 Å². The van der Waals surface area contributed by atoms with Gasteiger partial charge in [-0.25, -0.2) is 4.39 Å². The van der Waals surface area contributed by atoms with Gasteiger partial charge in [0.25, 0.3) is 5.91 Å². The Morgan fingerprint density at radius 1 is 1.12 bits per heavy atom. The van der Waals surface area contributed by atoms with E-state index in [1.165, 1.54) is 12.1 Å². The summed E-state index contributed by atoms with van der Waals surface area (Å²) in [5.41, 5.74) is 3.91. The zero-order valence-corrected chi connectivity index (χ0v) is 18.0. The van der Waals surface area contributed by atoms with E-state index < -0.39 is 5.91 Å². The molecule has 6 heteroatoms. The standard InChI is InChI=1S/C26H19ClFN3O/c1-17-23(27)6-4-7-24(17)30-26(32)19(14-29)13-20-16-31(25-8-3-2-5-22(20)25)15-18-9-11-21(28)12-10-18/h2-13,16H,15H2,1H3,(H,30,32)/b19-13+. The summed E-state index contributed by atoms with van der Waals surface area (Å²) in [6, 6.07) is 21.3. The minimum Gasteiger partial charge on any atom is -0.342 e. The van der Waals surface area contributed by atoms with Crippen molar-refractivity contribution < 1.29 is 9.18 Å². The first-order valence-corrected chi connectivity index (χ1v) is 10.3. The average molecular weight is 444 g/mol. The number of amides is 1. The largest absolute Gasteiger partial charge is 0.342 e. The zero-order valence-electron chi connectivity index (χ0n) is 17.3. The van der Waals surface area contributed by atoms with Gasteiger partial charge in [0.15, 0.2) is 0 Å². The normalized spacial score (nSPS) is 11.4. The lowest BCUT2D eigenvalue weighted by Gasteiger charge is -2.08. The van der Waals surface area contributed by atoms with Gasteiger partial charge < -0.3 is 9.88 Å². The van der Waals surface area contributed by atoms with Gasteiger partial charge in [-0.1, -0.05) is 48.0 Å². The van der Waals surface area contributed by atoms with Gasteiger partial charge in [0.2, 0.25) is 0 Å². The number of benzene rings is 3. The van der Waals surface area contributed by atoms with E-state index in [1.54, 1.807) is 43.3 Å². The third-order valence-electron chi connectivity index (χ3n) is 5.27. The van der Waals surface area contributed by atoms with Crippen molar-refractivity contribution in [3.05, 3.63) is 106 Å². The number of hydrogen-bond donors (Lipinski definition) is 1. The predicted octanol–water partition coefficient (Wildman–Crippen LogP) is 6.34. The summed E-state index contributed by atoms with van der Waals surface area (Å²) in [4.78, 5) is 12.8. The first kappa shape index (κ1) is 21.4. The zero-order chi connectivity index (χ0) is 22.7. The van der Waals surface area contributed by atoms with Crippen molar-refractivity contribution in [2.24, 2.45) is 0 Å². The molecule has 1 N–H and O–H groups in total. The molecule has 0 saturated carbocycles. The van der Waals surface area contributed by atoms with Crippen molar-refractivity contribution in [3.8, 4) is 6.07 Å². The molecule has 0 saturated heterocycles. The molecule has 3 aromatic carbocycles. The fourth-order valence-electron chi connectivity index (χ4n) is 3.54. The van der Waals surface area contributed by atoms with Gasteiger partial charge in [-0.3, -0.25) is 4.79 Å². The fourth-order valence-corrected chi connectivity index (χ4v) is 3.72. The van der Waals surface area contributed by atoms with Crippen molar-refractivity contribution >= 4 is 40.2 Å². The van der Waals surface area contributed by atoms with E-state index in [-0.39, 0.29) is 11.4 Å². The fraction of sp³-hybridized carbons (Fsp3) is 0.0769. The topological polar surface area (TPSA) is 57.8 Å². The molecule has 1 aromatic heterocycles. The van der Waals surface area contributed by atoms with Crippen molar-refractivity contribution in [2.75, 3.05) is 5.32 Å². The lowest BCUT2D eigenvalue weighted by molar-refractivity contribution is -0.112. The van der Waals surface area contributed by atoms with Gasteiger partial charge >= 0.3 is 0 Å². The van der Waals surface area contributed by atoms with E-state index in [2.05, 4.69) is 5.32 Å². The first-order valence-electron chi connectivity index (χ1n) is 9.97. The molecule has 0 atom stereocenters. The number of carbonyl (C=O) groups excluding carboxylic acids is 1. The molecule has 32 heavy (non-hydrogen) atoms. The Balaban J connectivity index is 1.68. The summed E-state index contributed by atoms with van der Waals surface area (Å²) < 4.78 is 15.3. The summed E-state index contributed by atoms with van der Waals surface area (Å²) in [6.45, 7) is 2.33. The molecule has 0 aliphatic heterocycles. The molecule has 0 spiro atoms. The molecule has 4 rings (SSSR count). The Kier molecular flexibility index (Phi) is 6.07. The van der Waals surface area contributed by atoms with E-state index >= 15 is 0 Å². The quantitative estimate of drug-likeness (QED) is 0.289. The van der Waals surface area contributed by atoms with Crippen LogP contribution in [-0.4, -0.2) is 10.5 Å². The summed E-state index contributed by atoms with van der Waals surface area (Å²) >= 11 is 6.13. The molecule has 0 aliphatic carbocycles. The lowest BCUT2D eigenvalue weighted by Crippen LogP contribution is -2.14. The molecule has 158 valence electrons. The van der Waals surface area contributed by atoms with Crippen LogP contribution in [0.5, 0.6) is 0 Å². The van der Waals surface area contributed by atoms with Crippen LogP contribution in [0.25, 0.3) is 17.0 Å². The number of fused-ring (bicyclic) bond motifs is 1. The van der Waals surface area contributed by atoms with E-state index in [0.29, 0.717) is 17.3 Å². The molecule has 4 nitrogen and oxygen atoms in total. The molecule has 0 aliphatic rings. The summed E-state index contributed by atoms with van der Waals surface area (Å²) in [5, 5.41) is 13.9. The second-order valence-electron chi connectivity index (χ2n) is 7.39. The number of rotatable bonds is 5. The van der Waals surface area contributed by atoms with Crippen LogP contribution in [0.4, 0.5) is 10.1 Å². The monoisotopic (exact) mass is 443 g/mol. The highest BCUT2D eigenvalue weighted by atomic mass is 35.5. The lowest BCUT2D eigenvalue weighted by atomic mass is 10.1. The van der Waals surface area contributed by atoms with Crippen LogP contribution in [0.1, 0.15) is 16.7 Å². The van der Waals surface area contributed by atoms with E-state index in [9.17, 15) is 14.4 Å². The van der Waals surface area contributed by atoms with Crippen LogP contribution in [0.15, 0.2) is 78.5 Å². The SMILES string of the molecule is Cc1c(Cl)cccc1NC(=O)/C(C#N)=C/c1cn(Cc2ccc(F)cc2)c2ccccc12. The number of halogens is 2. The highest BCUT2D eigenvalue weighted by Gasteiger charge is 2.14. The number of nitriles is 1. The van der Waals surface area contributed by atoms with E-state index in [0.717, 1.165) is 27.6 Å². The van der Waals surface area contributed by atoms with Crippen molar-refractivity contribution in [1.29, 1.82) is 5.26 Å². The summed E-state index contributed by atoms with van der Waals surface area (Å²) in [7, 11) is 0. The maximum Gasteiger partial charge on any atom is 0.266 e. The number of hydrogen-bond acceptors (Lipinski definition) is 2. The van der Waals surface area contributed by atoms with Gasteiger partial charge in [0.1, 0.15) is 17.5 Å². The van der Waals surface area contributed by atoms with Crippen LogP contribution in [0, 0.1) is 24.1 Å². The molecular formula is C26H19ClFN3O. The molecule has 1 amide bonds. The minimum atomic E-state index is -0.506. The summed E-state index contributed by atoms with van der Waals surface area (Å²) in [5.74, 6) is -0.789. The number of nitrogens with zero attached hydrogens (tertiary/aromatic N) is 2. The van der Waals surface area contributed by atoms with Crippen molar-refractivity contribution in [1.82, 2.24) is 4.57 Å². The highest BCUT2D eigenvalue weighted by Crippen LogP contribution is 2.26. The maximum atomic E-state index is 13.3. The van der Waals surface area contributed by atoms with Gasteiger partial charge in [-0.05, 0) is 54.5 Å². The molecule has 1 heterocycles. The second-order valence-corrected chi connectivity index (χ2v) is 7.80. The Morgan fingerprint density at radius 3 is 2.62 bits per heavy atom. The maximum absolute atomic E-state index is 13.3. The molecule has 0 radical (unpaired) electrons. The third kappa shape index (κ3) is 4.41. The molecule has 4 aromatic rings. The van der Waals surface area contributed by atoms with E-state index in [1.807, 2.05) is 41.1 Å². The number of para-hydroxylation sites is 1. The molecular weight excluding hydrogens is 425 g/mol. The van der Waals surface area contributed by atoms with Crippen LogP contribution >= 0.6 is 11.6 Å². The third-order valence-corrected chi connectivity index (χ3v) is 5.68. The van der Waals surface area contributed by atoms with E-state index in [4.69, 9.17) is 11.6 Å². The Hall–Kier alpha value is -3.88. The average Bonchev–Trinajstić information content (AvgIpc) is 3.14. The molecule has 0 bridgehead atoms. The van der Waals surface area contributed by atoms with Crippen LogP contribution in [0.2, 0.25) is 5.02 Å². The predicted molar refractivity (Wildman–Crippen MR) is 126 cm³/mol. The Bertz CT molecular complexity index is 1380. The van der Waals surface area contributed by atoms with Gasteiger partial charge in [0, 0.05) is 39.9 Å². The highest BCUT2D eigenvalue weighted by molar-refractivity contribution is 6.31. The molecule has 0 fully saturated rings. The number of carbonyl (C=O) groups is 1. The second kappa shape index (κ2) is 9.09. The summed E-state index contributed by atoms with van der Waals surface area (Å²) in [6.07, 6.45) is 3.47. The van der Waals surface area contributed by atoms with Crippen molar-refractivity contribution in [2.45, 2.75) is 13.5 Å². The number of nitrogens with one attached hydrogen (secondary N) is 1. The number of aromatic nitrogens is 1. The number of anilines is 1. The Labute approximate surface area is 190 Å². The van der Waals surface area contributed by atoms with Gasteiger partial charge in [-0.15, -0.1) is 0 Å². The smallest absolute Gasteiger partial charge is 0.266 e. The van der Waals surface area contributed by atoms with Gasteiger partial charge in [-0.2, -0.15) is 5.26 Å². The van der Waals surface area contributed by atoms with Crippen LogP contribution < -0.4 is 5.32 Å².